The van der Waals surface area contributed by atoms with Gasteiger partial charge in [0.15, 0.2) is 8.32 Å². The highest BCUT2D eigenvalue weighted by atomic mass is 28.4. The van der Waals surface area contributed by atoms with E-state index in [-0.39, 0.29) is 17.6 Å². The Balaban J connectivity index is 2.54. The lowest BCUT2D eigenvalue weighted by Crippen LogP contribution is -2.42. The van der Waals surface area contributed by atoms with Crippen molar-refractivity contribution < 1.29 is 9.53 Å². The van der Waals surface area contributed by atoms with E-state index in [9.17, 15) is 5.11 Å². The van der Waals surface area contributed by atoms with E-state index < -0.39 is 8.32 Å². The quantitative estimate of drug-likeness (QED) is 0.802. The monoisotopic (exact) mass is 280 g/mol. The fourth-order valence-electron chi connectivity index (χ4n) is 1.67. The minimum absolute atomic E-state index is 0.184. The molecule has 19 heavy (non-hydrogen) atoms. The van der Waals surface area contributed by atoms with Crippen LogP contribution in [0.4, 0.5) is 0 Å². The van der Waals surface area contributed by atoms with Gasteiger partial charge in [-0.3, -0.25) is 0 Å². The third kappa shape index (κ3) is 5.09. The molecule has 0 heterocycles. The SMILES string of the molecule is CC(C)(C)[Si](C)(C)OC[C@@H](CO)Cc1ccccc1. The van der Waals surface area contributed by atoms with E-state index in [1.165, 1.54) is 5.56 Å². The molecule has 0 aromatic heterocycles. The van der Waals surface area contributed by atoms with E-state index in [1.54, 1.807) is 0 Å². The van der Waals surface area contributed by atoms with Gasteiger partial charge < -0.3 is 9.53 Å². The molecule has 0 bridgehead atoms. The van der Waals surface area contributed by atoms with Crippen molar-refractivity contribution in [2.24, 2.45) is 5.92 Å². The molecule has 3 heteroatoms. The third-order valence-electron chi connectivity index (χ3n) is 4.11. The molecule has 2 nitrogen and oxygen atoms in total. The summed E-state index contributed by atoms with van der Waals surface area (Å²) in [6, 6.07) is 10.3. The largest absolute Gasteiger partial charge is 0.416 e. The molecule has 0 spiro atoms. The van der Waals surface area contributed by atoms with Gasteiger partial charge in [-0.15, -0.1) is 0 Å². The highest BCUT2D eigenvalue weighted by Gasteiger charge is 2.37. The summed E-state index contributed by atoms with van der Waals surface area (Å²) in [6.45, 7) is 12.1. The molecular formula is C16H28O2Si. The molecule has 0 saturated heterocycles. The van der Waals surface area contributed by atoms with Gasteiger partial charge in [-0.05, 0) is 30.1 Å². The van der Waals surface area contributed by atoms with Gasteiger partial charge in [0.25, 0.3) is 0 Å². The van der Waals surface area contributed by atoms with E-state index >= 15 is 0 Å². The van der Waals surface area contributed by atoms with Crippen LogP contribution in [0.1, 0.15) is 26.3 Å². The van der Waals surface area contributed by atoms with Gasteiger partial charge >= 0.3 is 0 Å². The average Bonchev–Trinajstić information content (AvgIpc) is 2.34. The molecule has 1 atom stereocenters. The van der Waals surface area contributed by atoms with Crippen LogP contribution in [-0.4, -0.2) is 26.6 Å². The van der Waals surface area contributed by atoms with Gasteiger partial charge in [0.1, 0.15) is 0 Å². The Hall–Kier alpha value is -0.643. The lowest BCUT2D eigenvalue weighted by molar-refractivity contribution is 0.153. The predicted octanol–water partition coefficient (Wildman–Crippen LogP) is 3.86. The average molecular weight is 280 g/mol. The predicted molar refractivity (Wildman–Crippen MR) is 83.9 cm³/mol. The maximum atomic E-state index is 9.52. The van der Waals surface area contributed by atoms with Crippen molar-refractivity contribution in [3.05, 3.63) is 35.9 Å². The lowest BCUT2D eigenvalue weighted by Gasteiger charge is -2.37. The van der Waals surface area contributed by atoms with Crippen LogP contribution < -0.4 is 0 Å². The van der Waals surface area contributed by atoms with Crippen molar-refractivity contribution >= 4 is 8.32 Å². The topological polar surface area (TPSA) is 29.5 Å². The van der Waals surface area contributed by atoms with Crippen molar-refractivity contribution in [3.63, 3.8) is 0 Å². The molecule has 1 aromatic rings. The van der Waals surface area contributed by atoms with Crippen LogP contribution in [0.5, 0.6) is 0 Å². The summed E-state index contributed by atoms with van der Waals surface area (Å²) in [7, 11) is -1.71. The third-order valence-corrected chi connectivity index (χ3v) is 8.61. The molecule has 0 aliphatic carbocycles. The smallest absolute Gasteiger partial charge is 0.191 e. The Morgan fingerprint density at radius 3 is 2.21 bits per heavy atom. The molecule has 0 saturated carbocycles. The standard InChI is InChI=1S/C16H28O2Si/c1-16(2,3)19(4,5)18-13-15(12-17)11-14-9-7-6-8-10-14/h6-10,15,17H,11-13H2,1-5H3/t15-/m1/s1. The molecule has 0 radical (unpaired) electrons. The summed E-state index contributed by atoms with van der Waals surface area (Å²) in [5, 5.41) is 9.74. The number of rotatable bonds is 6. The first-order chi connectivity index (χ1) is 8.76. The molecule has 1 rings (SSSR count). The fraction of sp³-hybridized carbons (Fsp3) is 0.625. The van der Waals surface area contributed by atoms with Crippen LogP contribution >= 0.6 is 0 Å². The van der Waals surface area contributed by atoms with Crippen molar-refractivity contribution in [3.8, 4) is 0 Å². The van der Waals surface area contributed by atoms with E-state index in [4.69, 9.17) is 4.43 Å². The van der Waals surface area contributed by atoms with Crippen molar-refractivity contribution in [1.82, 2.24) is 0 Å². The summed E-state index contributed by atoms with van der Waals surface area (Å²) in [5.74, 6) is 0.191. The number of aliphatic hydroxyl groups is 1. The molecule has 0 fully saturated rings. The fourth-order valence-corrected chi connectivity index (χ4v) is 2.75. The molecule has 1 aromatic carbocycles. The van der Waals surface area contributed by atoms with Crippen LogP contribution in [0.15, 0.2) is 30.3 Å². The minimum Gasteiger partial charge on any atom is -0.416 e. The van der Waals surface area contributed by atoms with E-state index in [1.807, 2.05) is 18.2 Å². The van der Waals surface area contributed by atoms with Crippen LogP contribution in [-0.2, 0) is 10.8 Å². The van der Waals surface area contributed by atoms with Gasteiger partial charge in [-0.25, -0.2) is 0 Å². The molecule has 0 amide bonds. The first-order valence-corrected chi connectivity index (χ1v) is 9.96. The zero-order chi connectivity index (χ0) is 14.5. The number of hydrogen-bond donors (Lipinski definition) is 1. The first-order valence-electron chi connectivity index (χ1n) is 7.05. The van der Waals surface area contributed by atoms with Crippen molar-refractivity contribution in [2.75, 3.05) is 13.2 Å². The Morgan fingerprint density at radius 2 is 1.74 bits per heavy atom. The molecule has 0 aliphatic heterocycles. The van der Waals surface area contributed by atoms with Gasteiger partial charge in [-0.1, -0.05) is 51.1 Å². The second kappa shape index (κ2) is 6.68. The first kappa shape index (κ1) is 16.4. The summed E-state index contributed by atoms with van der Waals surface area (Å²) in [5.41, 5.74) is 1.26. The van der Waals surface area contributed by atoms with Crippen LogP contribution in [0.25, 0.3) is 0 Å². The number of benzene rings is 1. The Bertz CT molecular complexity index is 368. The van der Waals surface area contributed by atoms with Gasteiger partial charge in [-0.2, -0.15) is 0 Å². The van der Waals surface area contributed by atoms with Gasteiger partial charge in [0.05, 0.1) is 0 Å². The maximum Gasteiger partial charge on any atom is 0.191 e. The van der Waals surface area contributed by atoms with Gasteiger partial charge in [0, 0.05) is 19.1 Å². The summed E-state index contributed by atoms with van der Waals surface area (Å²) < 4.78 is 6.20. The molecular weight excluding hydrogens is 252 g/mol. The second-order valence-corrected chi connectivity index (χ2v) is 11.6. The number of aliphatic hydroxyl groups excluding tert-OH is 1. The summed E-state index contributed by atoms with van der Waals surface area (Å²) in [6.07, 6.45) is 0.881. The van der Waals surface area contributed by atoms with E-state index in [2.05, 4.69) is 46.0 Å². The van der Waals surface area contributed by atoms with Crippen LogP contribution in [0, 0.1) is 5.92 Å². The zero-order valence-corrected chi connectivity index (χ0v) is 13.9. The normalized spacial score (nSPS) is 14.4. The minimum atomic E-state index is -1.71. The highest BCUT2D eigenvalue weighted by molar-refractivity contribution is 6.74. The van der Waals surface area contributed by atoms with Crippen LogP contribution in [0.2, 0.25) is 18.1 Å². The summed E-state index contributed by atoms with van der Waals surface area (Å²) >= 11 is 0. The Kier molecular flexibility index (Phi) is 5.77. The molecule has 1 N–H and O–H groups in total. The van der Waals surface area contributed by atoms with Gasteiger partial charge in [0.2, 0.25) is 0 Å². The highest BCUT2D eigenvalue weighted by Crippen LogP contribution is 2.36. The Labute approximate surface area is 118 Å². The second-order valence-electron chi connectivity index (χ2n) is 6.81. The van der Waals surface area contributed by atoms with E-state index in [0.29, 0.717) is 6.61 Å². The van der Waals surface area contributed by atoms with Crippen LogP contribution in [0.3, 0.4) is 0 Å². The van der Waals surface area contributed by atoms with Crippen molar-refractivity contribution in [1.29, 1.82) is 0 Å². The van der Waals surface area contributed by atoms with Crippen molar-refractivity contribution in [2.45, 2.75) is 45.3 Å². The Morgan fingerprint density at radius 1 is 1.16 bits per heavy atom. The molecule has 108 valence electrons. The molecule has 0 unspecified atom stereocenters. The molecule has 0 aliphatic rings. The zero-order valence-electron chi connectivity index (χ0n) is 12.9. The maximum absolute atomic E-state index is 9.52. The lowest BCUT2D eigenvalue weighted by atomic mass is 10.0. The number of hydrogen-bond acceptors (Lipinski definition) is 2. The van der Waals surface area contributed by atoms with E-state index in [0.717, 1.165) is 6.42 Å². The summed E-state index contributed by atoms with van der Waals surface area (Å²) in [4.78, 5) is 0.